The number of aryl methyl sites for hydroxylation is 1. The third-order valence-corrected chi connectivity index (χ3v) is 4.90. The smallest absolute Gasteiger partial charge is 0.225 e. The SMILES string of the molecule is CCC(=O)Nc1ccc(N2CCN(c3cccc(C)c3C)CC2)cn1. The number of carbonyl (C=O) groups excluding carboxylic acids is 1. The van der Waals surface area contributed by atoms with Crippen LogP contribution in [0.25, 0.3) is 0 Å². The van der Waals surface area contributed by atoms with Gasteiger partial charge in [0.1, 0.15) is 5.82 Å². The van der Waals surface area contributed by atoms with Gasteiger partial charge in [0.05, 0.1) is 11.9 Å². The van der Waals surface area contributed by atoms with Crippen LogP contribution in [0.4, 0.5) is 17.2 Å². The van der Waals surface area contributed by atoms with Crippen molar-refractivity contribution in [3.63, 3.8) is 0 Å². The van der Waals surface area contributed by atoms with E-state index >= 15 is 0 Å². The molecule has 0 unspecified atom stereocenters. The number of hydrogen-bond acceptors (Lipinski definition) is 4. The number of rotatable bonds is 4. The summed E-state index contributed by atoms with van der Waals surface area (Å²) in [4.78, 5) is 20.6. The summed E-state index contributed by atoms with van der Waals surface area (Å²) in [6, 6.07) is 10.4. The molecule has 1 aliphatic rings. The van der Waals surface area contributed by atoms with Crippen LogP contribution in [-0.2, 0) is 4.79 Å². The van der Waals surface area contributed by atoms with Gasteiger partial charge in [0, 0.05) is 38.3 Å². The third kappa shape index (κ3) is 3.92. The molecule has 0 spiro atoms. The molecule has 0 aliphatic carbocycles. The Morgan fingerprint density at radius 1 is 1.08 bits per heavy atom. The van der Waals surface area contributed by atoms with Crippen LogP contribution >= 0.6 is 0 Å². The Kier molecular flexibility index (Phi) is 5.22. The summed E-state index contributed by atoms with van der Waals surface area (Å²) < 4.78 is 0. The fraction of sp³-hybridized carbons (Fsp3) is 0.400. The second-order valence-electron chi connectivity index (χ2n) is 6.50. The molecule has 5 nitrogen and oxygen atoms in total. The quantitative estimate of drug-likeness (QED) is 0.928. The minimum absolute atomic E-state index is 0.0117. The zero-order chi connectivity index (χ0) is 17.8. The molecular weight excluding hydrogens is 312 g/mol. The number of benzene rings is 1. The first-order valence-electron chi connectivity index (χ1n) is 8.90. The Labute approximate surface area is 149 Å². The summed E-state index contributed by atoms with van der Waals surface area (Å²) in [5, 5.41) is 2.78. The summed E-state index contributed by atoms with van der Waals surface area (Å²) in [6.45, 7) is 10.1. The van der Waals surface area contributed by atoms with Crippen molar-refractivity contribution in [3.8, 4) is 0 Å². The number of piperazine rings is 1. The van der Waals surface area contributed by atoms with Crippen molar-refractivity contribution < 1.29 is 4.79 Å². The topological polar surface area (TPSA) is 48.5 Å². The van der Waals surface area contributed by atoms with Crippen LogP contribution in [0.15, 0.2) is 36.5 Å². The highest BCUT2D eigenvalue weighted by Crippen LogP contribution is 2.25. The molecule has 25 heavy (non-hydrogen) atoms. The van der Waals surface area contributed by atoms with Crippen LogP contribution in [0.3, 0.4) is 0 Å². The fourth-order valence-corrected chi connectivity index (χ4v) is 3.16. The normalized spacial score (nSPS) is 14.5. The maximum absolute atomic E-state index is 11.4. The van der Waals surface area contributed by atoms with Gasteiger partial charge in [-0.3, -0.25) is 4.79 Å². The molecule has 1 N–H and O–H groups in total. The molecule has 2 heterocycles. The molecule has 1 aliphatic heterocycles. The summed E-state index contributed by atoms with van der Waals surface area (Å²) >= 11 is 0. The molecule has 0 radical (unpaired) electrons. The van der Waals surface area contributed by atoms with Gasteiger partial charge in [-0.15, -0.1) is 0 Å². The lowest BCUT2D eigenvalue weighted by Crippen LogP contribution is -2.46. The lowest BCUT2D eigenvalue weighted by atomic mass is 10.1. The van der Waals surface area contributed by atoms with E-state index in [1.54, 1.807) is 0 Å². The number of hydrogen-bond donors (Lipinski definition) is 1. The molecule has 1 saturated heterocycles. The van der Waals surface area contributed by atoms with Crippen LogP contribution in [0.5, 0.6) is 0 Å². The molecule has 3 rings (SSSR count). The lowest BCUT2D eigenvalue weighted by Gasteiger charge is -2.38. The van der Waals surface area contributed by atoms with Gasteiger partial charge in [-0.2, -0.15) is 0 Å². The molecule has 0 bridgehead atoms. The van der Waals surface area contributed by atoms with Gasteiger partial charge in [0.2, 0.25) is 5.91 Å². The summed E-state index contributed by atoms with van der Waals surface area (Å²) in [6.07, 6.45) is 2.31. The number of nitrogens with zero attached hydrogens (tertiary/aromatic N) is 3. The number of amides is 1. The van der Waals surface area contributed by atoms with E-state index in [9.17, 15) is 4.79 Å². The van der Waals surface area contributed by atoms with E-state index in [1.807, 2.05) is 25.3 Å². The lowest BCUT2D eigenvalue weighted by molar-refractivity contribution is -0.115. The molecule has 0 atom stereocenters. The van der Waals surface area contributed by atoms with Crippen LogP contribution < -0.4 is 15.1 Å². The summed E-state index contributed by atoms with van der Waals surface area (Å²) in [7, 11) is 0. The zero-order valence-electron chi connectivity index (χ0n) is 15.2. The van der Waals surface area contributed by atoms with Crippen LogP contribution in [-0.4, -0.2) is 37.1 Å². The molecule has 1 fully saturated rings. The minimum Gasteiger partial charge on any atom is -0.368 e. The first kappa shape index (κ1) is 17.3. The predicted molar refractivity (Wildman–Crippen MR) is 103 cm³/mol. The highest BCUT2D eigenvalue weighted by Gasteiger charge is 2.19. The monoisotopic (exact) mass is 338 g/mol. The van der Waals surface area contributed by atoms with E-state index in [-0.39, 0.29) is 5.91 Å². The van der Waals surface area contributed by atoms with E-state index in [0.29, 0.717) is 12.2 Å². The van der Waals surface area contributed by atoms with Gasteiger partial charge in [0.25, 0.3) is 0 Å². The van der Waals surface area contributed by atoms with Gasteiger partial charge in [-0.25, -0.2) is 4.98 Å². The van der Waals surface area contributed by atoms with Crippen LogP contribution in [0.2, 0.25) is 0 Å². The average Bonchev–Trinajstić information content (AvgIpc) is 2.65. The highest BCUT2D eigenvalue weighted by atomic mass is 16.1. The first-order valence-corrected chi connectivity index (χ1v) is 8.90. The Morgan fingerprint density at radius 2 is 1.80 bits per heavy atom. The summed E-state index contributed by atoms with van der Waals surface area (Å²) in [5.41, 5.74) is 5.16. The number of aromatic nitrogens is 1. The van der Waals surface area contributed by atoms with Crippen molar-refractivity contribution in [1.82, 2.24) is 4.98 Å². The van der Waals surface area contributed by atoms with Crippen molar-refractivity contribution in [1.29, 1.82) is 0 Å². The molecule has 5 heteroatoms. The number of anilines is 3. The second kappa shape index (κ2) is 7.55. The fourth-order valence-electron chi connectivity index (χ4n) is 3.16. The van der Waals surface area contributed by atoms with E-state index in [4.69, 9.17) is 0 Å². The van der Waals surface area contributed by atoms with Crippen molar-refractivity contribution in [2.24, 2.45) is 0 Å². The molecule has 1 aromatic carbocycles. The van der Waals surface area contributed by atoms with Crippen molar-refractivity contribution >= 4 is 23.1 Å². The first-order chi connectivity index (χ1) is 12.1. The molecule has 0 saturated carbocycles. The minimum atomic E-state index is -0.0117. The van der Waals surface area contributed by atoms with Crippen LogP contribution in [0.1, 0.15) is 24.5 Å². The largest absolute Gasteiger partial charge is 0.368 e. The Hall–Kier alpha value is -2.56. The molecule has 132 valence electrons. The van der Waals surface area contributed by atoms with Gasteiger partial charge < -0.3 is 15.1 Å². The van der Waals surface area contributed by atoms with E-state index in [0.717, 1.165) is 31.9 Å². The molecule has 1 aromatic heterocycles. The Balaban J connectivity index is 1.62. The van der Waals surface area contributed by atoms with Crippen molar-refractivity contribution in [3.05, 3.63) is 47.7 Å². The van der Waals surface area contributed by atoms with Crippen molar-refractivity contribution in [2.45, 2.75) is 27.2 Å². The van der Waals surface area contributed by atoms with Gasteiger partial charge in [-0.1, -0.05) is 19.1 Å². The maximum Gasteiger partial charge on any atom is 0.225 e. The molecule has 1 amide bonds. The zero-order valence-corrected chi connectivity index (χ0v) is 15.2. The number of nitrogens with one attached hydrogen (secondary N) is 1. The standard InChI is InChI=1S/C20H26N4O/c1-4-20(25)22-19-9-8-17(14-21-19)23-10-12-24(13-11-23)18-7-5-6-15(2)16(18)3/h5-9,14H,4,10-13H2,1-3H3,(H,21,22,25). The maximum atomic E-state index is 11.4. The number of pyridine rings is 1. The third-order valence-electron chi connectivity index (χ3n) is 4.90. The Morgan fingerprint density at radius 3 is 2.44 bits per heavy atom. The van der Waals surface area contributed by atoms with E-state index in [1.165, 1.54) is 16.8 Å². The van der Waals surface area contributed by atoms with E-state index < -0.39 is 0 Å². The van der Waals surface area contributed by atoms with Crippen molar-refractivity contribution in [2.75, 3.05) is 41.3 Å². The molecular formula is C20H26N4O. The number of carbonyl (C=O) groups is 1. The second-order valence-corrected chi connectivity index (χ2v) is 6.50. The Bertz CT molecular complexity index is 734. The van der Waals surface area contributed by atoms with Gasteiger partial charge in [0.15, 0.2) is 0 Å². The van der Waals surface area contributed by atoms with E-state index in [2.05, 4.69) is 52.1 Å². The van der Waals surface area contributed by atoms with Gasteiger partial charge in [-0.05, 0) is 43.2 Å². The highest BCUT2D eigenvalue weighted by molar-refractivity contribution is 5.89. The van der Waals surface area contributed by atoms with Crippen LogP contribution in [0, 0.1) is 13.8 Å². The summed E-state index contributed by atoms with van der Waals surface area (Å²) in [5.74, 6) is 0.604. The molecule has 2 aromatic rings. The average molecular weight is 338 g/mol. The predicted octanol–water partition coefficient (Wildman–Crippen LogP) is 3.37. The van der Waals surface area contributed by atoms with Gasteiger partial charge >= 0.3 is 0 Å².